The predicted molar refractivity (Wildman–Crippen MR) is 91.6 cm³/mol. The molecule has 1 aliphatic rings. The van der Waals surface area contributed by atoms with Crippen LogP contribution in [0.15, 0.2) is 22.7 Å². The van der Waals surface area contributed by atoms with E-state index >= 15 is 0 Å². The highest BCUT2D eigenvalue weighted by Crippen LogP contribution is 2.30. The minimum absolute atomic E-state index is 0.0136. The molecule has 6 heteroatoms. The zero-order valence-electron chi connectivity index (χ0n) is 12.8. The van der Waals surface area contributed by atoms with Gasteiger partial charge in [0.05, 0.1) is 17.2 Å². The topological polar surface area (TPSA) is 49.4 Å². The van der Waals surface area contributed by atoms with Crippen molar-refractivity contribution in [1.82, 2.24) is 5.32 Å². The SMILES string of the molecule is CC(C)NCc1ccc(N2CCS(=O)(=O)CC2C)c(Br)c1. The van der Waals surface area contributed by atoms with Crippen LogP contribution in [-0.4, -0.2) is 38.6 Å². The molecule has 1 atom stereocenters. The molecule has 1 aromatic rings. The molecule has 0 aromatic heterocycles. The third-order valence-electron chi connectivity index (χ3n) is 3.71. The molecule has 0 amide bonds. The maximum absolute atomic E-state index is 11.7. The summed E-state index contributed by atoms with van der Waals surface area (Å²) in [6, 6.07) is 6.76. The van der Waals surface area contributed by atoms with E-state index < -0.39 is 9.84 Å². The molecule has 1 aliphatic heterocycles. The summed E-state index contributed by atoms with van der Waals surface area (Å²) in [4.78, 5) is 2.17. The van der Waals surface area contributed by atoms with Gasteiger partial charge in [0.1, 0.15) is 0 Å². The molecule has 1 heterocycles. The van der Waals surface area contributed by atoms with Crippen molar-refractivity contribution in [1.29, 1.82) is 0 Å². The maximum Gasteiger partial charge on any atom is 0.154 e. The van der Waals surface area contributed by atoms with E-state index in [-0.39, 0.29) is 17.5 Å². The standard InChI is InChI=1S/C15H23BrN2O2S/c1-11(2)17-9-13-4-5-15(14(16)8-13)18-6-7-21(19,20)10-12(18)3/h4-5,8,11-12,17H,6-7,9-10H2,1-3H3. The normalized spacial score (nSPS) is 21.8. The van der Waals surface area contributed by atoms with Crippen LogP contribution < -0.4 is 10.2 Å². The van der Waals surface area contributed by atoms with Crippen molar-refractivity contribution < 1.29 is 8.42 Å². The third-order valence-corrected chi connectivity index (χ3v) is 6.14. The molecule has 21 heavy (non-hydrogen) atoms. The average molecular weight is 375 g/mol. The second kappa shape index (κ2) is 6.67. The smallest absolute Gasteiger partial charge is 0.154 e. The van der Waals surface area contributed by atoms with Gasteiger partial charge in [-0.1, -0.05) is 19.9 Å². The zero-order chi connectivity index (χ0) is 15.6. The third kappa shape index (κ3) is 4.44. The first-order chi connectivity index (χ1) is 9.78. The zero-order valence-corrected chi connectivity index (χ0v) is 15.2. The van der Waals surface area contributed by atoms with Gasteiger partial charge in [-0.15, -0.1) is 0 Å². The highest BCUT2D eigenvalue weighted by atomic mass is 79.9. The number of halogens is 1. The minimum Gasteiger partial charge on any atom is -0.366 e. The number of hydrogen-bond acceptors (Lipinski definition) is 4. The minimum atomic E-state index is -2.88. The second-order valence-electron chi connectivity index (χ2n) is 5.98. The molecular formula is C15H23BrN2O2S. The Bertz CT molecular complexity index is 602. The number of benzene rings is 1. The van der Waals surface area contributed by atoms with Gasteiger partial charge in [0.25, 0.3) is 0 Å². The van der Waals surface area contributed by atoms with Gasteiger partial charge in [0.2, 0.25) is 0 Å². The maximum atomic E-state index is 11.7. The Hall–Kier alpha value is -0.590. The van der Waals surface area contributed by atoms with Gasteiger partial charge in [0, 0.05) is 29.6 Å². The molecule has 1 unspecified atom stereocenters. The quantitative estimate of drug-likeness (QED) is 0.879. The van der Waals surface area contributed by atoms with Crippen LogP contribution in [0.1, 0.15) is 26.3 Å². The summed E-state index contributed by atoms with van der Waals surface area (Å²) in [7, 11) is -2.88. The Morgan fingerprint density at radius 1 is 1.43 bits per heavy atom. The summed E-state index contributed by atoms with van der Waals surface area (Å²) < 4.78 is 24.4. The molecule has 1 aromatic carbocycles. The van der Waals surface area contributed by atoms with Gasteiger partial charge in [0.15, 0.2) is 9.84 Å². The highest BCUT2D eigenvalue weighted by Gasteiger charge is 2.29. The molecular weight excluding hydrogens is 352 g/mol. The van der Waals surface area contributed by atoms with Gasteiger partial charge in [-0.3, -0.25) is 0 Å². The number of sulfone groups is 1. The van der Waals surface area contributed by atoms with Crippen molar-refractivity contribution >= 4 is 31.5 Å². The first-order valence-electron chi connectivity index (χ1n) is 7.27. The summed E-state index contributed by atoms with van der Waals surface area (Å²) in [6.45, 7) is 7.61. The van der Waals surface area contributed by atoms with E-state index in [2.05, 4.69) is 58.2 Å². The first-order valence-corrected chi connectivity index (χ1v) is 9.89. The number of nitrogens with zero attached hydrogens (tertiary/aromatic N) is 1. The fourth-order valence-electron chi connectivity index (χ4n) is 2.57. The lowest BCUT2D eigenvalue weighted by molar-refractivity contribution is 0.568. The lowest BCUT2D eigenvalue weighted by atomic mass is 10.1. The number of anilines is 1. The Labute approximate surface area is 136 Å². The Morgan fingerprint density at radius 2 is 2.14 bits per heavy atom. The number of hydrogen-bond donors (Lipinski definition) is 1. The monoisotopic (exact) mass is 374 g/mol. The van der Waals surface area contributed by atoms with Crippen LogP contribution >= 0.6 is 15.9 Å². The molecule has 0 aliphatic carbocycles. The molecule has 118 valence electrons. The van der Waals surface area contributed by atoms with E-state index in [1.165, 1.54) is 5.56 Å². The van der Waals surface area contributed by atoms with Gasteiger partial charge in [-0.25, -0.2) is 8.42 Å². The van der Waals surface area contributed by atoms with E-state index in [1.807, 2.05) is 6.92 Å². The predicted octanol–water partition coefficient (Wildman–Crippen LogP) is 2.57. The molecule has 0 saturated carbocycles. The highest BCUT2D eigenvalue weighted by molar-refractivity contribution is 9.10. The fraction of sp³-hybridized carbons (Fsp3) is 0.600. The van der Waals surface area contributed by atoms with Crippen LogP contribution in [-0.2, 0) is 16.4 Å². The van der Waals surface area contributed by atoms with Crippen LogP contribution in [0.4, 0.5) is 5.69 Å². The summed E-state index contributed by atoms with van der Waals surface area (Å²) in [5.74, 6) is 0.469. The molecule has 1 fully saturated rings. The molecule has 1 N–H and O–H groups in total. The van der Waals surface area contributed by atoms with Gasteiger partial charge < -0.3 is 10.2 Å². The van der Waals surface area contributed by atoms with Crippen molar-refractivity contribution in [2.24, 2.45) is 0 Å². The lowest BCUT2D eigenvalue weighted by Crippen LogP contribution is -2.47. The second-order valence-corrected chi connectivity index (χ2v) is 9.06. The number of nitrogens with one attached hydrogen (secondary N) is 1. The van der Waals surface area contributed by atoms with Gasteiger partial charge in [-0.2, -0.15) is 0 Å². The van der Waals surface area contributed by atoms with Crippen molar-refractivity contribution in [3.8, 4) is 0 Å². The van der Waals surface area contributed by atoms with Crippen LogP contribution in [0.2, 0.25) is 0 Å². The van der Waals surface area contributed by atoms with Crippen molar-refractivity contribution in [2.45, 2.75) is 39.4 Å². The largest absolute Gasteiger partial charge is 0.366 e. The van der Waals surface area contributed by atoms with Gasteiger partial charge >= 0.3 is 0 Å². The van der Waals surface area contributed by atoms with Crippen LogP contribution in [0.5, 0.6) is 0 Å². The molecule has 1 saturated heterocycles. The molecule has 0 bridgehead atoms. The van der Waals surface area contributed by atoms with Crippen LogP contribution in [0, 0.1) is 0 Å². The van der Waals surface area contributed by atoms with Crippen LogP contribution in [0.25, 0.3) is 0 Å². The number of rotatable bonds is 4. The van der Waals surface area contributed by atoms with Crippen molar-refractivity contribution in [3.05, 3.63) is 28.2 Å². The fourth-order valence-corrected chi connectivity index (χ4v) is 4.78. The van der Waals surface area contributed by atoms with Crippen molar-refractivity contribution in [3.63, 3.8) is 0 Å². The molecule has 0 spiro atoms. The van der Waals surface area contributed by atoms with Crippen molar-refractivity contribution in [2.75, 3.05) is 23.0 Å². The lowest BCUT2D eigenvalue weighted by Gasteiger charge is -2.35. The first kappa shape index (κ1) is 16.8. The summed E-state index contributed by atoms with van der Waals surface area (Å²) in [5.41, 5.74) is 2.29. The van der Waals surface area contributed by atoms with E-state index in [4.69, 9.17) is 0 Å². The molecule has 0 radical (unpaired) electrons. The Morgan fingerprint density at radius 3 is 2.71 bits per heavy atom. The average Bonchev–Trinajstić information content (AvgIpc) is 2.36. The van der Waals surface area contributed by atoms with E-state index in [9.17, 15) is 8.42 Å². The summed E-state index contributed by atoms with van der Waals surface area (Å²) in [5, 5.41) is 3.39. The Kier molecular flexibility index (Phi) is 5.33. The Balaban J connectivity index is 2.14. The molecule has 2 rings (SSSR count). The van der Waals surface area contributed by atoms with Gasteiger partial charge in [-0.05, 0) is 40.5 Å². The van der Waals surface area contributed by atoms with E-state index in [1.54, 1.807) is 0 Å². The van der Waals surface area contributed by atoms with E-state index in [0.717, 1.165) is 16.7 Å². The summed E-state index contributed by atoms with van der Waals surface area (Å²) in [6.07, 6.45) is 0. The molecule has 4 nitrogen and oxygen atoms in total. The summed E-state index contributed by atoms with van der Waals surface area (Å²) >= 11 is 3.63. The van der Waals surface area contributed by atoms with E-state index in [0.29, 0.717) is 12.6 Å². The van der Waals surface area contributed by atoms with Crippen LogP contribution in [0.3, 0.4) is 0 Å².